The van der Waals surface area contributed by atoms with Crippen molar-refractivity contribution in [2.45, 2.75) is 13.5 Å². The molecule has 0 aliphatic carbocycles. The van der Waals surface area contributed by atoms with Crippen LogP contribution >= 0.6 is 11.3 Å². The molecule has 2 aromatic rings. The van der Waals surface area contributed by atoms with Gasteiger partial charge in [0.15, 0.2) is 11.5 Å². The number of benzene rings is 1. The number of carbonyl (C=O) groups is 2. The summed E-state index contributed by atoms with van der Waals surface area (Å²) in [6.45, 7) is 1.59. The van der Waals surface area contributed by atoms with Crippen LogP contribution in [0, 0.1) is 0 Å². The fraction of sp³-hybridized carbons (Fsp3) is 0.214. The van der Waals surface area contributed by atoms with Crippen LogP contribution in [0.5, 0.6) is 5.75 Å². The van der Waals surface area contributed by atoms with Gasteiger partial charge in [-0.25, -0.2) is 9.78 Å². The summed E-state index contributed by atoms with van der Waals surface area (Å²) in [5.74, 6) is -0.127. The summed E-state index contributed by atoms with van der Waals surface area (Å²) >= 11 is 1.14. The molecule has 0 fully saturated rings. The number of hydrogen-bond donors (Lipinski definition) is 0. The normalized spacial score (nSPS) is 10.1. The standard InChI is InChI=1S/C14H13NO4S/c1-9(16)13-12(14(17)18-2)15-11(20-13)8-19-10-6-4-3-5-7-10/h3-7H,8H2,1-2H3. The number of ether oxygens (including phenoxy) is 2. The smallest absolute Gasteiger partial charge is 0.358 e. The lowest BCUT2D eigenvalue weighted by Crippen LogP contribution is -2.07. The van der Waals surface area contributed by atoms with E-state index in [-0.39, 0.29) is 18.1 Å². The first-order chi connectivity index (χ1) is 9.61. The Balaban J connectivity index is 2.17. The summed E-state index contributed by atoms with van der Waals surface area (Å²) in [5, 5.41) is 0.555. The average Bonchev–Trinajstić information content (AvgIpc) is 2.90. The molecule has 0 radical (unpaired) electrons. The van der Waals surface area contributed by atoms with Crippen molar-refractivity contribution in [2.24, 2.45) is 0 Å². The topological polar surface area (TPSA) is 65.5 Å². The van der Waals surface area contributed by atoms with Gasteiger partial charge in [-0.2, -0.15) is 0 Å². The summed E-state index contributed by atoms with van der Waals surface area (Å²) in [5.41, 5.74) is 0.0525. The van der Waals surface area contributed by atoms with Gasteiger partial charge in [-0.05, 0) is 12.1 Å². The van der Waals surface area contributed by atoms with Crippen LogP contribution < -0.4 is 4.74 Å². The number of para-hydroxylation sites is 1. The molecule has 0 N–H and O–H groups in total. The van der Waals surface area contributed by atoms with Gasteiger partial charge in [0.25, 0.3) is 0 Å². The van der Waals surface area contributed by atoms with Crippen LogP contribution in [0.25, 0.3) is 0 Å². The average molecular weight is 291 g/mol. The molecular formula is C14H13NO4S. The van der Waals surface area contributed by atoms with Gasteiger partial charge < -0.3 is 9.47 Å². The van der Waals surface area contributed by atoms with E-state index in [0.29, 0.717) is 15.6 Å². The van der Waals surface area contributed by atoms with Crippen molar-refractivity contribution in [2.75, 3.05) is 7.11 Å². The largest absolute Gasteiger partial charge is 0.486 e. The molecule has 0 saturated carbocycles. The van der Waals surface area contributed by atoms with E-state index in [1.165, 1.54) is 14.0 Å². The number of hydrogen-bond acceptors (Lipinski definition) is 6. The van der Waals surface area contributed by atoms with Crippen molar-refractivity contribution in [3.63, 3.8) is 0 Å². The molecular weight excluding hydrogens is 278 g/mol. The number of rotatable bonds is 5. The molecule has 1 heterocycles. The van der Waals surface area contributed by atoms with Crippen LogP contribution in [0.4, 0.5) is 0 Å². The van der Waals surface area contributed by atoms with Crippen molar-refractivity contribution >= 4 is 23.1 Å². The van der Waals surface area contributed by atoms with Gasteiger partial charge in [-0.1, -0.05) is 18.2 Å². The highest BCUT2D eigenvalue weighted by molar-refractivity contribution is 7.14. The van der Waals surface area contributed by atoms with Crippen LogP contribution in [0.3, 0.4) is 0 Å². The molecule has 0 aliphatic rings. The maximum Gasteiger partial charge on any atom is 0.358 e. The molecule has 0 amide bonds. The molecule has 0 spiro atoms. The minimum Gasteiger partial charge on any atom is -0.486 e. The number of nitrogens with zero attached hydrogens (tertiary/aromatic N) is 1. The lowest BCUT2D eigenvalue weighted by molar-refractivity contribution is 0.0591. The lowest BCUT2D eigenvalue weighted by Gasteiger charge is -2.02. The Morgan fingerprint density at radius 1 is 1.25 bits per heavy atom. The predicted molar refractivity (Wildman–Crippen MR) is 74.2 cm³/mol. The minimum atomic E-state index is -0.614. The van der Waals surface area contributed by atoms with Gasteiger partial charge in [0, 0.05) is 6.92 Å². The molecule has 6 heteroatoms. The van der Waals surface area contributed by atoms with E-state index in [1.54, 1.807) is 0 Å². The fourth-order valence-electron chi connectivity index (χ4n) is 1.56. The van der Waals surface area contributed by atoms with E-state index in [4.69, 9.17) is 4.74 Å². The monoisotopic (exact) mass is 291 g/mol. The number of methoxy groups -OCH3 is 1. The molecule has 0 saturated heterocycles. The third-order valence-electron chi connectivity index (χ3n) is 2.48. The van der Waals surface area contributed by atoms with Crippen molar-refractivity contribution in [3.8, 4) is 5.75 Å². The zero-order valence-corrected chi connectivity index (χ0v) is 11.9. The Labute approximate surface area is 120 Å². The number of thiazole rings is 1. The summed E-state index contributed by atoms with van der Waals surface area (Å²) in [6, 6.07) is 9.25. The fourth-order valence-corrected chi connectivity index (χ4v) is 2.42. The van der Waals surface area contributed by atoms with Gasteiger partial charge >= 0.3 is 5.97 Å². The lowest BCUT2D eigenvalue weighted by atomic mass is 10.3. The Morgan fingerprint density at radius 3 is 2.55 bits per heavy atom. The van der Waals surface area contributed by atoms with E-state index in [0.717, 1.165) is 11.3 Å². The van der Waals surface area contributed by atoms with Crippen LogP contribution in [0.15, 0.2) is 30.3 Å². The Bertz CT molecular complexity index is 621. The molecule has 0 aliphatic heterocycles. The van der Waals surface area contributed by atoms with Gasteiger partial charge in [0.05, 0.1) is 7.11 Å². The van der Waals surface area contributed by atoms with E-state index in [1.807, 2.05) is 30.3 Å². The second-order valence-corrected chi connectivity index (χ2v) is 5.02. The zero-order chi connectivity index (χ0) is 14.5. The number of ketones is 1. The first kappa shape index (κ1) is 14.2. The van der Waals surface area contributed by atoms with Crippen molar-refractivity contribution in [1.82, 2.24) is 4.98 Å². The summed E-state index contributed by atoms with van der Waals surface area (Å²) in [7, 11) is 1.26. The summed E-state index contributed by atoms with van der Waals surface area (Å²) in [6.07, 6.45) is 0. The van der Waals surface area contributed by atoms with Crippen molar-refractivity contribution in [3.05, 3.63) is 45.9 Å². The molecule has 0 bridgehead atoms. The molecule has 1 aromatic carbocycles. The highest BCUT2D eigenvalue weighted by atomic mass is 32.1. The molecule has 2 rings (SSSR count). The molecule has 104 valence electrons. The van der Waals surface area contributed by atoms with E-state index < -0.39 is 5.97 Å². The molecule has 20 heavy (non-hydrogen) atoms. The van der Waals surface area contributed by atoms with Crippen LogP contribution in [-0.2, 0) is 11.3 Å². The molecule has 0 atom stereocenters. The first-order valence-corrected chi connectivity index (χ1v) is 6.70. The van der Waals surface area contributed by atoms with Crippen LogP contribution in [0.2, 0.25) is 0 Å². The second-order valence-electron chi connectivity index (χ2n) is 3.93. The minimum absolute atomic E-state index is 0.0525. The number of Topliss-reactive ketones (excluding diaryl/α,β-unsaturated/α-hetero) is 1. The van der Waals surface area contributed by atoms with Crippen LogP contribution in [0.1, 0.15) is 32.1 Å². The van der Waals surface area contributed by atoms with Gasteiger partial charge in [-0.3, -0.25) is 4.79 Å². The van der Waals surface area contributed by atoms with Crippen molar-refractivity contribution in [1.29, 1.82) is 0 Å². The quantitative estimate of drug-likeness (QED) is 0.626. The van der Waals surface area contributed by atoms with E-state index in [2.05, 4.69) is 9.72 Å². The Kier molecular flexibility index (Phi) is 4.47. The van der Waals surface area contributed by atoms with Gasteiger partial charge in [0.1, 0.15) is 22.2 Å². The van der Waals surface area contributed by atoms with Crippen molar-refractivity contribution < 1.29 is 19.1 Å². The molecule has 1 aromatic heterocycles. The zero-order valence-electron chi connectivity index (χ0n) is 11.1. The molecule has 0 unspecified atom stereocenters. The summed E-state index contributed by atoms with van der Waals surface area (Å²) in [4.78, 5) is 27.5. The second kappa shape index (κ2) is 6.29. The number of esters is 1. The van der Waals surface area contributed by atoms with E-state index >= 15 is 0 Å². The SMILES string of the molecule is COC(=O)c1nc(COc2ccccc2)sc1C(C)=O. The Hall–Kier alpha value is -2.21. The molecule has 5 nitrogen and oxygen atoms in total. The highest BCUT2D eigenvalue weighted by Crippen LogP contribution is 2.22. The summed E-state index contributed by atoms with van der Waals surface area (Å²) < 4.78 is 10.2. The number of carbonyl (C=O) groups excluding carboxylic acids is 2. The predicted octanol–water partition coefficient (Wildman–Crippen LogP) is 2.71. The highest BCUT2D eigenvalue weighted by Gasteiger charge is 2.21. The third-order valence-corrected chi connectivity index (χ3v) is 3.61. The Morgan fingerprint density at radius 2 is 1.95 bits per heavy atom. The van der Waals surface area contributed by atoms with E-state index in [9.17, 15) is 9.59 Å². The maximum absolute atomic E-state index is 11.6. The number of aromatic nitrogens is 1. The first-order valence-electron chi connectivity index (χ1n) is 5.88. The van der Waals surface area contributed by atoms with Gasteiger partial charge in [-0.15, -0.1) is 11.3 Å². The maximum atomic E-state index is 11.6. The van der Waals surface area contributed by atoms with Gasteiger partial charge in [0.2, 0.25) is 0 Å². The van der Waals surface area contributed by atoms with Crippen LogP contribution in [-0.4, -0.2) is 23.8 Å². The third kappa shape index (κ3) is 3.21.